The molecule has 0 amide bonds. The zero-order valence-electron chi connectivity index (χ0n) is 9.15. The number of rotatable bonds is 6. The summed E-state index contributed by atoms with van der Waals surface area (Å²) in [6.07, 6.45) is 3.88. The molecule has 0 atom stereocenters. The molecule has 2 rings (SSSR count). The van der Waals surface area contributed by atoms with Crippen LogP contribution in [0.4, 0.5) is 0 Å². The van der Waals surface area contributed by atoms with E-state index >= 15 is 0 Å². The normalized spacial score (nSPS) is 16.6. The Kier molecular flexibility index (Phi) is 3.69. The van der Waals surface area contributed by atoms with Crippen molar-refractivity contribution < 1.29 is 4.74 Å². The predicted molar refractivity (Wildman–Crippen MR) is 56.6 cm³/mol. The molecule has 1 saturated heterocycles. The number of aryl methyl sites for hydroxylation is 1. The quantitative estimate of drug-likeness (QED) is 0.675. The molecule has 1 aliphatic rings. The Morgan fingerprint density at radius 3 is 3.13 bits per heavy atom. The van der Waals surface area contributed by atoms with Crippen molar-refractivity contribution in [1.29, 1.82) is 0 Å². The molecule has 1 aromatic rings. The van der Waals surface area contributed by atoms with Crippen molar-refractivity contribution in [3.63, 3.8) is 0 Å². The van der Waals surface area contributed by atoms with Crippen LogP contribution in [0, 0.1) is 5.92 Å². The number of ether oxygens (including phenoxy) is 1. The molecule has 84 valence electrons. The van der Waals surface area contributed by atoms with E-state index in [1.165, 1.54) is 0 Å². The summed E-state index contributed by atoms with van der Waals surface area (Å²) in [4.78, 5) is 0. The van der Waals surface area contributed by atoms with Crippen LogP contribution < -0.4 is 5.32 Å². The number of nitrogens with one attached hydrogen (secondary N) is 1. The Morgan fingerprint density at radius 2 is 2.47 bits per heavy atom. The first kappa shape index (κ1) is 10.6. The van der Waals surface area contributed by atoms with Crippen LogP contribution in [0.2, 0.25) is 0 Å². The first-order valence-electron chi connectivity index (χ1n) is 5.46. The monoisotopic (exact) mass is 210 g/mol. The topological polar surface area (TPSA) is 52.0 Å². The highest BCUT2D eigenvalue weighted by Gasteiger charge is 2.19. The highest BCUT2D eigenvalue weighted by molar-refractivity contribution is 4.92. The van der Waals surface area contributed by atoms with E-state index < -0.39 is 0 Å². The van der Waals surface area contributed by atoms with Crippen LogP contribution in [0.15, 0.2) is 6.33 Å². The van der Waals surface area contributed by atoms with E-state index in [2.05, 4.69) is 20.1 Å². The second kappa shape index (κ2) is 5.23. The molecule has 1 N–H and O–H groups in total. The molecule has 0 unspecified atom stereocenters. The number of hydrogen-bond acceptors (Lipinski definition) is 4. The average molecular weight is 210 g/mol. The Balaban J connectivity index is 1.83. The van der Waals surface area contributed by atoms with Crippen LogP contribution in [-0.4, -0.2) is 41.6 Å². The van der Waals surface area contributed by atoms with Crippen LogP contribution in [0.25, 0.3) is 0 Å². The van der Waals surface area contributed by atoms with E-state index in [4.69, 9.17) is 4.74 Å². The van der Waals surface area contributed by atoms with Gasteiger partial charge in [0.15, 0.2) is 0 Å². The van der Waals surface area contributed by atoms with Gasteiger partial charge in [-0.25, -0.2) is 0 Å². The van der Waals surface area contributed by atoms with Gasteiger partial charge in [0, 0.05) is 26.7 Å². The van der Waals surface area contributed by atoms with E-state index in [1.54, 1.807) is 7.11 Å². The van der Waals surface area contributed by atoms with Gasteiger partial charge < -0.3 is 14.6 Å². The van der Waals surface area contributed by atoms with Crippen molar-refractivity contribution in [2.45, 2.75) is 19.4 Å². The maximum absolute atomic E-state index is 5.03. The van der Waals surface area contributed by atoms with Crippen molar-refractivity contribution in [1.82, 2.24) is 20.1 Å². The van der Waals surface area contributed by atoms with Crippen LogP contribution >= 0.6 is 0 Å². The van der Waals surface area contributed by atoms with Crippen molar-refractivity contribution in [3.8, 4) is 0 Å². The molecule has 15 heavy (non-hydrogen) atoms. The highest BCUT2D eigenvalue weighted by atomic mass is 16.5. The molecule has 0 aromatic carbocycles. The number of aromatic nitrogens is 3. The molecule has 0 bridgehead atoms. The minimum Gasteiger partial charge on any atom is -0.385 e. The van der Waals surface area contributed by atoms with Gasteiger partial charge in [0.25, 0.3) is 0 Å². The van der Waals surface area contributed by atoms with E-state index in [0.29, 0.717) is 0 Å². The summed E-state index contributed by atoms with van der Waals surface area (Å²) in [5.41, 5.74) is 0. The maximum atomic E-state index is 5.03. The lowest BCUT2D eigenvalue weighted by Gasteiger charge is -2.26. The molecule has 2 heterocycles. The van der Waals surface area contributed by atoms with Crippen molar-refractivity contribution in [2.75, 3.05) is 26.8 Å². The van der Waals surface area contributed by atoms with Gasteiger partial charge in [-0.1, -0.05) is 0 Å². The second-order valence-corrected chi connectivity index (χ2v) is 4.02. The number of hydrogen-bond donors (Lipinski definition) is 1. The predicted octanol–water partition coefficient (Wildman–Crippen LogP) is 0.0765. The molecule has 1 aliphatic heterocycles. The third-order valence-corrected chi connectivity index (χ3v) is 2.78. The van der Waals surface area contributed by atoms with Crippen LogP contribution in [0.5, 0.6) is 0 Å². The van der Waals surface area contributed by atoms with Gasteiger partial charge in [0.1, 0.15) is 12.2 Å². The highest BCUT2D eigenvalue weighted by Crippen LogP contribution is 2.10. The van der Waals surface area contributed by atoms with Crippen molar-refractivity contribution >= 4 is 0 Å². The van der Waals surface area contributed by atoms with E-state index in [-0.39, 0.29) is 0 Å². The summed E-state index contributed by atoms with van der Waals surface area (Å²) in [7, 11) is 1.73. The summed E-state index contributed by atoms with van der Waals surface area (Å²) < 4.78 is 7.17. The lowest BCUT2D eigenvalue weighted by atomic mass is 9.99. The maximum Gasteiger partial charge on any atom is 0.133 e. The van der Waals surface area contributed by atoms with E-state index in [1.807, 2.05) is 6.33 Å². The fourth-order valence-electron chi connectivity index (χ4n) is 1.75. The van der Waals surface area contributed by atoms with Crippen molar-refractivity contribution in [2.24, 2.45) is 5.92 Å². The van der Waals surface area contributed by atoms with Gasteiger partial charge in [0.05, 0.1) is 0 Å². The summed E-state index contributed by atoms with van der Waals surface area (Å²) >= 11 is 0. The fraction of sp³-hybridized carbons (Fsp3) is 0.800. The molecular formula is C10H18N4O. The Bertz CT molecular complexity index is 295. The Labute approximate surface area is 89.8 Å². The molecule has 5 heteroatoms. The standard InChI is InChI=1S/C10H18N4O/c1-15-4-2-3-14-8-12-13-10(14)5-9-6-11-7-9/h8-9,11H,2-7H2,1H3. The van der Waals surface area contributed by atoms with Gasteiger partial charge in [-0.2, -0.15) is 0 Å². The molecule has 1 fully saturated rings. The van der Waals surface area contributed by atoms with Crippen molar-refractivity contribution in [3.05, 3.63) is 12.2 Å². The number of methoxy groups -OCH3 is 1. The van der Waals surface area contributed by atoms with Crippen LogP contribution in [-0.2, 0) is 17.7 Å². The summed E-state index contributed by atoms with van der Waals surface area (Å²) in [6.45, 7) is 3.98. The first-order chi connectivity index (χ1) is 7.40. The minimum absolute atomic E-state index is 0.746. The van der Waals surface area contributed by atoms with Crippen LogP contribution in [0.1, 0.15) is 12.2 Å². The van der Waals surface area contributed by atoms with Gasteiger partial charge >= 0.3 is 0 Å². The van der Waals surface area contributed by atoms with Gasteiger partial charge in [0.2, 0.25) is 0 Å². The fourth-order valence-corrected chi connectivity index (χ4v) is 1.75. The Morgan fingerprint density at radius 1 is 1.60 bits per heavy atom. The summed E-state index contributed by atoms with van der Waals surface area (Å²) in [5.74, 6) is 1.85. The smallest absolute Gasteiger partial charge is 0.133 e. The van der Waals surface area contributed by atoms with E-state index in [9.17, 15) is 0 Å². The van der Waals surface area contributed by atoms with E-state index in [0.717, 1.165) is 50.8 Å². The average Bonchev–Trinajstić information content (AvgIpc) is 2.60. The minimum atomic E-state index is 0.746. The van der Waals surface area contributed by atoms with Gasteiger partial charge in [-0.3, -0.25) is 0 Å². The molecule has 1 aromatic heterocycles. The third kappa shape index (κ3) is 2.76. The number of nitrogens with zero attached hydrogens (tertiary/aromatic N) is 3. The van der Waals surface area contributed by atoms with Crippen LogP contribution in [0.3, 0.4) is 0 Å². The van der Waals surface area contributed by atoms with Gasteiger partial charge in [-0.05, 0) is 25.4 Å². The molecule has 0 radical (unpaired) electrons. The summed E-state index contributed by atoms with van der Waals surface area (Å²) in [5, 5.41) is 11.4. The molecule has 0 aliphatic carbocycles. The molecular weight excluding hydrogens is 192 g/mol. The molecule has 0 spiro atoms. The second-order valence-electron chi connectivity index (χ2n) is 4.02. The lowest BCUT2D eigenvalue weighted by molar-refractivity contribution is 0.189. The summed E-state index contributed by atoms with van der Waals surface area (Å²) in [6, 6.07) is 0. The first-order valence-corrected chi connectivity index (χ1v) is 5.46. The molecule has 0 saturated carbocycles. The molecule has 5 nitrogen and oxygen atoms in total. The lowest BCUT2D eigenvalue weighted by Crippen LogP contribution is -2.43. The zero-order valence-corrected chi connectivity index (χ0v) is 9.15. The largest absolute Gasteiger partial charge is 0.385 e. The third-order valence-electron chi connectivity index (χ3n) is 2.78. The van der Waals surface area contributed by atoms with Gasteiger partial charge in [-0.15, -0.1) is 10.2 Å². The Hall–Kier alpha value is -0.940. The zero-order chi connectivity index (χ0) is 10.5. The SMILES string of the molecule is COCCCn1cnnc1CC1CNC1.